The van der Waals surface area contributed by atoms with Gasteiger partial charge >= 0.3 is 0 Å². The average molecular weight is 228 g/mol. The Balaban J connectivity index is 2.23. The van der Waals surface area contributed by atoms with Crippen LogP contribution in [0.25, 0.3) is 0 Å². The molecule has 4 heteroatoms. The molecule has 0 fully saturated rings. The molecular weight excluding hydrogens is 220 g/mol. The van der Waals surface area contributed by atoms with Crippen LogP contribution in [0.15, 0.2) is 52.4 Å². The number of hydrogen-bond acceptors (Lipinski definition) is 3. The summed E-state index contributed by atoms with van der Waals surface area (Å²) in [5.74, 6) is 0.709. The molecule has 3 rings (SSSR count). The van der Waals surface area contributed by atoms with Crippen molar-refractivity contribution < 1.29 is 4.79 Å². The lowest BCUT2D eigenvalue weighted by Gasteiger charge is -2.26. The van der Waals surface area contributed by atoms with E-state index in [4.69, 9.17) is 0 Å². The summed E-state index contributed by atoms with van der Waals surface area (Å²) in [6.07, 6.45) is 2.51. The number of carbonyl (C=O) groups excluding carboxylic acids is 1. The summed E-state index contributed by atoms with van der Waals surface area (Å²) in [7, 11) is 0. The van der Waals surface area contributed by atoms with Gasteiger partial charge in [-0.15, -0.1) is 0 Å². The summed E-state index contributed by atoms with van der Waals surface area (Å²) >= 11 is 1.64. The standard InChI is InChI=1S/C12H8N2OS/c15-8-14-9-4-1-2-5-10(9)16-11-6-3-7-13-12(11)14/h1-8H. The van der Waals surface area contributed by atoms with Crippen molar-refractivity contribution in [2.24, 2.45) is 0 Å². The van der Waals surface area contributed by atoms with E-state index in [9.17, 15) is 4.79 Å². The summed E-state index contributed by atoms with van der Waals surface area (Å²) in [6, 6.07) is 11.7. The minimum Gasteiger partial charge on any atom is -0.278 e. The van der Waals surface area contributed by atoms with E-state index < -0.39 is 0 Å². The van der Waals surface area contributed by atoms with Crippen LogP contribution < -0.4 is 4.90 Å². The number of amides is 1. The van der Waals surface area contributed by atoms with Crippen LogP contribution in [-0.4, -0.2) is 11.4 Å². The predicted octanol–water partition coefficient (Wildman–Crippen LogP) is 2.84. The highest BCUT2D eigenvalue weighted by Crippen LogP contribution is 2.45. The minimum absolute atomic E-state index is 0.709. The van der Waals surface area contributed by atoms with Crippen LogP contribution in [0.1, 0.15) is 0 Å². The molecule has 0 bridgehead atoms. The number of pyridine rings is 1. The van der Waals surface area contributed by atoms with Gasteiger partial charge in [-0.1, -0.05) is 23.9 Å². The Morgan fingerprint density at radius 1 is 1.12 bits per heavy atom. The van der Waals surface area contributed by atoms with Gasteiger partial charge in [0.05, 0.1) is 10.6 Å². The lowest BCUT2D eigenvalue weighted by molar-refractivity contribution is -0.106. The molecule has 0 radical (unpaired) electrons. The second-order valence-electron chi connectivity index (χ2n) is 3.37. The number of nitrogens with zero attached hydrogens (tertiary/aromatic N) is 2. The maximum absolute atomic E-state index is 11.2. The highest BCUT2D eigenvalue weighted by Gasteiger charge is 2.23. The van der Waals surface area contributed by atoms with E-state index >= 15 is 0 Å². The number of anilines is 2. The van der Waals surface area contributed by atoms with E-state index in [1.54, 1.807) is 22.9 Å². The fraction of sp³-hybridized carbons (Fsp3) is 0. The van der Waals surface area contributed by atoms with Gasteiger partial charge in [0, 0.05) is 11.1 Å². The Morgan fingerprint density at radius 2 is 1.94 bits per heavy atom. The average Bonchev–Trinajstić information content (AvgIpc) is 2.36. The number of rotatable bonds is 1. The summed E-state index contributed by atoms with van der Waals surface area (Å²) in [4.78, 5) is 19.1. The molecule has 0 unspecified atom stereocenters. The van der Waals surface area contributed by atoms with Crippen molar-refractivity contribution >= 4 is 29.7 Å². The number of fused-ring (bicyclic) bond motifs is 2. The Bertz CT molecular complexity index is 511. The van der Waals surface area contributed by atoms with Crippen molar-refractivity contribution in [2.45, 2.75) is 9.79 Å². The first-order valence-electron chi connectivity index (χ1n) is 4.86. The normalized spacial score (nSPS) is 12.9. The lowest BCUT2D eigenvalue weighted by atomic mass is 10.3. The molecule has 3 nitrogen and oxygen atoms in total. The van der Waals surface area contributed by atoms with Crippen molar-refractivity contribution in [1.82, 2.24) is 4.98 Å². The zero-order valence-corrected chi connectivity index (χ0v) is 9.15. The van der Waals surface area contributed by atoms with Gasteiger partial charge in [0.2, 0.25) is 6.41 Å². The van der Waals surface area contributed by atoms with Gasteiger partial charge in [0.1, 0.15) is 0 Å². The number of para-hydroxylation sites is 1. The second-order valence-corrected chi connectivity index (χ2v) is 4.45. The van der Waals surface area contributed by atoms with Gasteiger partial charge in [0.25, 0.3) is 0 Å². The zero-order chi connectivity index (χ0) is 11.0. The maximum Gasteiger partial charge on any atom is 0.219 e. The quantitative estimate of drug-likeness (QED) is 0.704. The van der Waals surface area contributed by atoms with Crippen LogP contribution >= 0.6 is 11.8 Å². The van der Waals surface area contributed by atoms with Gasteiger partial charge < -0.3 is 0 Å². The second kappa shape index (κ2) is 3.64. The first-order valence-corrected chi connectivity index (χ1v) is 5.68. The smallest absolute Gasteiger partial charge is 0.219 e. The molecule has 0 atom stereocenters. The van der Waals surface area contributed by atoms with Gasteiger partial charge in [-0.2, -0.15) is 0 Å². The van der Waals surface area contributed by atoms with E-state index in [0.29, 0.717) is 5.82 Å². The van der Waals surface area contributed by atoms with Crippen LogP contribution in [0.5, 0.6) is 0 Å². The molecule has 1 aromatic heterocycles. The SMILES string of the molecule is O=CN1c2ccccc2Sc2cccnc21. The lowest BCUT2D eigenvalue weighted by Crippen LogP contribution is -2.19. The van der Waals surface area contributed by atoms with Crippen molar-refractivity contribution in [3.8, 4) is 0 Å². The van der Waals surface area contributed by atoms with E-state index in [1.165, 1.54) is 0 Å². The molecule has 1 aromatic carbocycles. The van der Waals surface area contributed by atoms with Gasteiger partial charge in [-0.25, -0.2) is 4.98 Å². The Labute approximate surface area is 97.1 Å². The molecule has 2 aromatic rings. The largest absolute Gasteiger partial charge is 0.278 e. The molecule has 0 spiro atoms. The van der Waals surface area contributed by atoms with Crippen LogP contribution in [-0.2, 0) is 4.79 Å². The summed E-state index contributed by atoms with van der Waals surface area (Å²) in [6.45, 7) is 0. The number of aromatic nitrogens is 1. The Morgan fingerprint density at radius 3 is 2.81 bits per heavy atom. The van der Waals surface area contributed by atoms with Crippen LogP contribution in [0, 0.1) is 0 Å². The number of benzene rings is 1. The molecule has 78 valence electrons. The molecule has 1 aliphatic rings. The van der Waals surface area contributed by atoms with E-state index in [0.717, 1.165) is 21.9 Å². The Hall–Kier alpha value is -1.81. The van der Waals surface area contributed by atoms with Crippen molar-refractivity contribution in [3.63, 3.8) is 0 Å². The van der Waals surface area contributed by atoms with Crippen LogP contribution in [0.4, 0.5) is 11.5 Å². The Kier molecular flexibility index (Phi) is 2.15. The topological polar surface area (TPSA) is 33.2 Å². The van der Waals surface area contributed by atoms with Gasteiger partial charge in [-0.05, 0) is 24.3 Å². The van der Waals surface area contributed by atoms with Gasteiger partial charge in [0.15, 0.2) is 5.82 Å². The molecule has 1 aliphatic heterocycles. The molecule has 16 heavy (non-hydrogen) atoms. The predicted molar refractivity (Wildman–Crippen MR) is 63.0 cm³/mol. The molecule has 0 N–H and O–H groups in total. The van der Waals surface area contributed by atoms with Crippen LogP contribution in [0.2, 0.25) is 0 Å². The van der Waals surface area contributed by atoms with E-state index in [2.05, 4.69) is 4.98 Å². The molecule has 0 saturated heterocycles. The molecule has 0 aliphatic carbocycles. The van der Waals surface area contributed by atoms with E-state index in [-0.39, 0.29) is 0 Å². The number of hydrogen-bond donors (Lipinski definition) is 0. The summed E-state index contributed by atoms with van der Waals surface area (Å²) in [5, 5.41) is 0. The molecule has 1 amide bonds. The molecular formula is C12H8N2OS. The van der Waals surface area contributed by atoms with Gasteiger partial charge in [-0.3, -0.25) is 9.69 Å². The zero-order valence-electron chi connectivity index (χ0n) is 8.33. The first-order chi connectivity index (χ1) is 7.90. The van der Waals surface area contributed by atoms with Crippen molar-refractivity contribution in [1.29, 1.82) is 0 Å². The van der Waals surface area contributed by atoms with Crippen molar-refractivity contribution in [2.75, 3.05) is 4.90 Å². The molecule has 2 heterocycles. The fourth-order valence-corrected chi connectivity index (χ4v) is 2.77. The summed E-state index contributed by atoms with van der Waals surface area (Å²) in [5.41, 5.74) is 0.897. The fourth-order valence-electron chi connectivity index (χ4n) is 1.72. The molecule has 0 saturated carbocycles. The third-order valence-corrected chi connectivity index (χ3v) is 3.53. The van der Waals surface area contributed by atoms with Crippen molar-refractivity contribution in [3.05, 3.63) is 42.6 Å². The van der Waals surface area contributed by atoms with E-state index in [1.807, 2.05) is 36.4 Å². The minimum atomic E-state index is 0.709. The van der Waals surface area contributed by atoms with Crippen LogP contribution in [0.3, 0.4) is 0 Å². The monoisotopic (exact) mass is 228 g/mol. The maximum atomic E-state index is 11.2. The highest BCUT2D eigenvalue weighted by atomic mass is 32.2. The first kappa shape index (κ1) is 9.42. The third-order valence-electron chi connectivity index (χ3n) is 2.43. The highest BCUT2D eigenvalue weighted by molar-refractivity contribution is 7.99. The number of carbonyl (C=O) groups is 1. The third kappa shape index (κ3) is 1.31. The summed E-state index contributed by atoms with van der Waals surface area (Å²) < 4.78 is 0.